The van der Waals surface area contributed by atoms with Gasteiger partial charge in [-0.25, -0.2) is 8.42 Å². The fraction of sp³-hybridized carbons (Fsp3) is 0.733. The van der Waals surface area contributed by atoms with E-state index in [1.165, 1.54) is 11.3 Å². The van der Waals surface area contributed by atoms with Gasteiger partial charge in [0.05, 0.1) is 10.8 Å². The van der Waals surface area contributed by atoms with Gasteiger partial charge in [-0.05, 0) is 36.7 Å². The van der Waals surface area contributed by atoms with E-state index in [9.17, 15) is 8.42 Å². The van der Waals surface area contributed by atoms with Gasteiger partial charge in [0.25, 0.3) is 0 Å². The van der Waals surface area contributed by atoms with Crippen LogP contribution < -0.4 is 0 Å². The highest BCUT2D eigenvalue weighted by Crippen LogP contribution is 2.35. The molecule has 0 radical (unpaired) electrons. The lowest BCUT2D eigenvalue weighted by molar-refractivity contribution is 0.217. The molecule has 6 heteroatoms. The van der Waals surface area contributed by atoms with Gasteiger partial charge in [-0.3, -0.25) is 0 Å². The molecule has 0 bridgehead atoms. The number of alkyl halides is 1. The van der Waals surface area contributed by atoms with Gasteiger partial charge >= 0.3 is 0 Å². The highest BCUT2D eigenvalue weighted by atomic mass is 35.5. The second-order valence-corrected chi connectivity index (χ2v) is 9.98. The first-order chi connectivity index (χ1) is 9.75. The van der Waals surface area contributed by atoms with E-state index in [4.69, 9.17) is 11.6 Å². The van der Waals surface area contributed by atoms with Gasteiger partial charge in [-0.1, -0.05) is 20.8 Å². The van der Waals surface area contributed by atoms with Crippen molar-refractivity contribution in [2.24, 2.45) is 11.3 Å². The molecule has 0 amide bonds. The quantitative estimate of drug-likeness (QED) is 0.762. The van der Waals surface area contributed by atoms with Crippen molar-refractivity contribution in [1.29, 1.82) is 0 Å². The summed E-state index contributed by atoms with van der Waals surface area (Å²) in [6.45, 7) is 7.98. The highest BCUT2D eigenvalue weighted by molar-refractivity contribution is 7.89. The van der Waals surface area contributed by atoms with Gasteiger partial charge in [0.1, 0.15) is 0 Å². The van der Waals surface area contributed by atoms with Crippen molar-refractivity contribution in [2.75, 3.05) is 13.1 Å². The van der Waals surface area contributed by atoms with Gasteiger partial charge in [-0.15, -0.1) is 22.9 Å². The molecule has 2 rings (SSSR count). The molecule has 1 atom stereocenters. The summed E-state index contributed by atoms with van der Waals surface area (Å²) in [5.41, 5.74) is 0.244. The zero-order chi connectivity index (χ0) is 15.7. The zero-order valence-electron chi connectivity index (χ0n) is 12.9. The molecule has 2 heterocycles. The molecule has 21 heavy (non-hydrogen) atoms. The Morgan fingerprint density at radius 2 is 2.05 bits per heavy atom. The van der Waals surface area contributed by atoms with E-state index in [2.05, 4.69) is 20.8 Å². The average Bonchev–Trinajstić information content (AvgIpc) is 2.73. The summed E-state index contributed by atoms with van der Waals surface area (Å²) >= 11 is 7.19. The molecule has 1 unspecified atom stereocenters. The molecule has 1 fully saturated rings. The molecule has 3 nitrogen and oxygen atoms in total. The molecule has 1 aromatic heterocycles. The smallest absolute Gasteiger partial charge is 0.207 e. The summed E-state index contributed by atoms with van der Waals surface area (Å²) in [5, 5.41) is 1.71. The second kappa shape index (κ2) is 6.57. The van der Waals surface area contributed by atoms with E-state index in [0.717, 1.165) is 24.1 Å². The maximum atomic E-state index is 12.7. The molecule has 1 saturated heterocycles. The first kappa shape index (κ1) is 17.3. The fourth-order valence-electron chi connectivity index (χ4n) is 2.89. The summed E-state index contributed by atoms with van der Waals surface area (Å²) in [6, 6.07) is 1.71. The number of hydrogen-bond donors (Lipinski definition) is 0. The third-order valence-corrected chi connectivity index (χ3v) is 7.72. The number of halogens is 1. The lowest BCUT2D eigenvalue weighted by Gasteiger charge is -2.29. The summed E-state index contributed by atoms with van der Waals surface area (Å²) in [5.74, 6) is 0.949. The third kappa shape index (κ3) is 4.01. The number of hydrogen-bond acceptors (Lipinski definition) is 3. The number of sulfonamides is 1. The minimum absolute atomic E-state index is 0.244. The molecule has 1 aromatic rings. The van der Waals surface area contributed by atoms with E-state index in [-0.39, 0.29) is 5.41 Å². The van der Waals surface area contributed by atoms with Gasteiger partial charge in [0, 0.05) is 23.3 Å². The standard InChI is InChI=1S/C15H24ClNO2S2/c1-15(2,3)12-5-4-7-17(8-6-12)21(18,19)14-9-13(10-16)20-11-14/h9,11-12H,4-8,10H2,1-3H3. The van der Waals surface area contributed by atoms with Crippen molar-refractivity contribution in [3.8, 4) is 0 Å². The summed E-state index contributed by atoms with van der Waals surface area (Å²) in [4.78, 5) is 1.30. The van der Waals surface area contributed by atoms with Crippen LogP contribution in [0.25, 0.3) is 0 Å². The number of nitrogens with zero attached hydrogens (tertiary/aromatic N) is 1. The maximum absolute atomic E-state index is 12.7. The van der Waals surface area contributed by atoms with Crippen molar-refractivity contribution < 1.29 is 8.42 Å². The Morgan fingerprint density at radius 3 is 2.62 bits per heavy atom. The Kier molecular flexibility index (Phi) is 5.40. The van der Waals surface area contributed by atoms with Crippen LogP contribution in [0.3, 0.4) is 0 Å². The Labute approximate surface area is 137 Å². The predicted octanol–water partition coefficient (Wildman–Crippen LogP) is 4.32. The molecule has 0 aromatic carbocycles. The fourth-order valence-corrected chi connectivity index (χ4v) is 5.76. The van der Waals surface area contributed by atoms with Crippen molar-refractivity contribution in [2.45, 2.75) is 50.8 Å². The van der Waals surface area contributed by atoms with Crippen molar-refractivity contribution in [3.63, 3.8) is 0 Å². The first-order valence-electron chi connectivity index (χ1n) is 7.38. The van der Waals surface area contributed by atoms with E-state index < -0.39 is 10.0 Å². The van der Waals surface area contributed by atoms with Crippen molar-refractivity contribution in [3.05, 3.63) is 16.3 Å². The van der Waals surface area contributed by atoms with Crippen molar-refractivity contribution in [1.82, 2.24) is 4.31 Å². The molecular formula is C15H24ClNO2S2. The van der Waals surface area contributed by atoms with Gasteiger partial charge in [0.2, 0.25) is 10.0 Å². The lowest BCUT2D eigenvalue weighted by Crippen LogP contribution is -2.32. The molecule has 0 spiro atoms. The van der Waals surface area contributed by atoms with E-state index in [0.29, 0.717) is 29.8 Å². The average molecular weight is 350 g/mol. The van der Waals surface area contributed by atoms with Gasteiger partial charge < -0.3 is 0 Å². The molecule has 0 N–H and O–H groups in total. The molecule has 1 aliphatic rings. The van der Waals surface area contributed by atoms with Crippen LogP contribution in [0.2, 0.25) is 0 Å². The Bertz CT molecular complexity index is 575. The first-order valence-corrected chi connectivity index (χ1v) is 10.2. The van der Waals surface area contributed by atoms with Crippen LogP contribution in [0.4, 0.5) is 0 Å². The summed E-state index contributed by atoms with van der Waals surface area (Å²) in [7, 11) is -3.36. The number of rotatable bonds is 3. The molecule has 1 aliphatic heterocycles. The summed E-state index contributed by atoms with van der Waals surface area (Å²) < 4.78 is 27.1. The van der Waals surface area contributed by atoms with Crippen LogP contribution in [0.15, 0.2) is 16.3 Å². The largest absolute Gasteiger partial charge is 0.243 e. The van der Waals surface area contributed by atoms with Gasteiger partial charge in [-0.2, -0.15) is 4.31 Å². The molecule has 120 valence electrons. The Hall–Kier alpha value is -0.100. The van der Waals surface area contributed by atoms with Crippen LogP contribution in [0.1, 0.15) is 44.9 Å². The SMILES string of the molecule is CC(C)(C)C1CCCN(S(=O)(=O)c2csc(CCl)c2)CC1. The van der Waals surface area contributed by atoms with Crippen molar-refractivity contribution >= 4 is 33.0 Å². The lowest BCUT2D eigenvalue weighted by atomic mass is 9.77. The maximum Gasteiger partial charge on any atom is 0.243 e. The normalized spacial score (nSPS) is 22.2. The van der Waals surface area contributed by atoms with Crippen LogP contribution in [0.5, 0.6) is 0 Å². The second-order valence-electron chi connectivity index (χ2n) is 6.78. The van der Waals surface area contributed by atoms with Crippen LogP contribution >= 0.6 is 22.9 Å². The highest BCUT2D eigenvalue weighted by Gasteiger charge is 2.32. The predicted molar refractivity (Wildman–Crippen MR) is 89.4 cm³/mol. The topological polar surface area (TPSA) is 37.4 Å². The van der Waals surface area contributed by atoms with E-state index >= 15 is 0 Å². The Balaban J connectivity index is 2.14. The zero-order valence-corrected chi connectivity index (χ0v) is 15.3. The monoisotopic (exact) mass is 349 g/mol. The van der Waals surface area contributed by atoms with Crippen LogP contribution in [0, 0.1) is 11.3 Å². The van der Waals surface area contributed by atoms with E-state index in [1.807, 2.05) is 0 Å². The number of thiophene rings is 1. The third-order valence-electron chi connectivity index (χ3n) is 4.31. The minimum Gasteiger partial charge on any atom is -0.207 e. The summed E-state index contributed by atoms with van der Waals surface area (Å²) in [6.07, 6.45) is 2.98. The van der Waals surface area contributed by atoms with Crippen LogP contribution in [-0.2, 0) is 15.9 Å². The molecular weight excluding hydrogens is 326 g/mol. The van der Waals surface area contributed by atoms with Crippen LogP contribution in [-0.4, -0.2) is 25.8 Å². The van der Waals surface area contributed by atoms with E-state index in [1.54, 1.807) is 15.8 Å². The minimum atomic E-state index is -3.36. The Morgan fingerprint density at radius 1 is 1.33 bits per heavy atom. The molecule has 0 aliphatic carbocycles. The molecule has 0 saturated carbocycles. The van der Waals surface area contributed by atoms with Gasteiger partial charge in [0.15, 0.2) is 0 Å².